The number of ether oxygens (including phenoxy) is 1. The number of methoxy groups -OCH3 is 1. The Bertz CT molecular complexity index is 1780. The van der Waals surface area contributed by atoms with Crippen LogP contribution in [0.2, 0.25) is 0 Å². The zero-order chi connectivity index (χ0) is 41.2. The van der Waals surface area contributed by atoms with Crippen molar-refractivity contribution >= 4 is 24.1 Å². The predicted octanol–water partition coefficient (Wildman–Crippen LogP) is 5.99. The van der Waals surface area contributed by atoms with Crippen molar-refractivity contribution in [2.24, 2.45) is 11.3 Å². The molecule has 304 valence electrons. The number of amides is 6. The normalized spacial score (nSPS) is 15.3. The molecule has 4 unspecified atom stereocenters. The Hall–Kier alpha value is -5.01. The van der Waals surface area contributed by atoms with Gasteiger partial charge in [0.15, 0.2) is 0 Å². The summed E-state index contributed by atoms with van der Waals surface area (Å²) in [6.07, 6.45) is -1.08. The molecule has 56 heavy (non-hydrogen) atoms. The fraction of sp³-hybridized carbons (Fsp3) is 0.512. The molecule has 3 aromatic rings. The quantitative estimate of drug-likeness (QED) is 0.151. The molecule has 1 aromatic heterocycles. The third-order valence-corrected chi connectivity index (χ3v) is 9.89. The number of aliphatic hydroxyl groups excluding tert-OH is 1. The first kappa shape index (κ1) is 43.7. The van der Waals surface area contributed by atoms with Crippen molar-refractivity contribution in [3.63, 3.8) is 0 Å². The van der Waals surface area contributed by atoms with E-state index in [1.165, 1.54) is 7.11 Å². The molecule has 1 fully saturated rings. The highest BCUT2D eigenvalue weighted by Gasteiger charge is 2.41. The van der Waals surface area contributed by atoms with Crippen molar-refractivity contribution < 1.29 is 29.0 Å². The number of urea groups is 2. The summed E-state index contributed by atoms with van der Waals surface area (Å²) >= 11 is 0. The van der Waals surface area contributed by atoms with Gasteiger partial charge in [0, 0.05) is 38.4 Å². The number of aliphatic hydroxyl groups is 1. The Kier molecular flexibility index (Phi) is 15.4. The molecular weight excluding hydrogens is 711 g/mol. The van der Waals surface area contributed by atoms with E-state index in [1.807, 2.05) is 122 Å². The van der Waals surface area contributed by atoms with Gasteiger partial charge in [-0.05, 0) is 61.8 Å². The van der Waals surface area contributed by atoms with Crippen LogP contribution in [0.25, 0.3) is 0 Å². The van der Waals surface area contributed by atoms with Crippen LogP contribution in [0.5, 0.6) is 0 Å². The summed E-state index contributed by atoms with van der Waals surface area (Å²) in [5.74, 6) is -0.548. The van der Waals surface area contributed by atoms with Crippen molar-refractivity contribution in [3.8, 4) is 0 Å². The summed E-state index contributed by atoms with van der Waals surface area (Å²) in [4.78, 5) is 63.8. The van der Waals surface area contributed by atoms with E-state index in [2.05, 4.69) is 15.7 Å². The lowest BCUT2D eigenvalue weighted by molar-refractivity contribution is -0.128. The van der Waals surface area contributed by atoms with Crippen LogP contribution >= 0.6 is 0 Å². The summed E-state index contributed by atoms with van der Waals surface area (Å²) in [6.45, 7) is 16.9. The molecule has 13 heteroatoms. The maximum atomic E-state index is 14.5. The molecule has 2 aromatic carbocycles. The van der Waals surface area contributed by atoms with Gasteiger partial charge in [-0.2, -0.15) is 0 Å². The van der Waals surface area contributed by atoms with Crippen LogP contribution in [-0.4, -0.2) is 105 Å². The maximum Gasteiger partial charge on any atom is 0.417 e. The largest absolute Gasteiger partial charge is 0.452 e. The second-order valence-corrected chi connectivity index (χ2v) is 16.3. The number of carbonyl (C=O) groups is 4. The molecule has 0 aliphatic carbocycles. The Balaban J connectivity index is 1.62. The van der Waals surface area contributed by atoms with Gasteiger partial charge in [-0.1, -0.05) is 107 Å². The monoisotopic (exact) mass is 771 g/mol. The molecule has 4 rings (SSSR count). The van der Waals surface area contributed by atoms with E-state index < -0.39 is 35.7 Å². The van der Waals surface area contributed by atoms with Crippen LogP contribution in [0.3, 0.4) is 0 Å². The molecule has 2 heterocycles. The average molecular weight is 772 g/mol. The first-order valence-electron chi connectivity index (χ1n) is 19.5. The maximum absolute atomic E-state index is 14.5. The van der Waals surface area contributed by atoms with Crippen molar-refractivity contribution in [3.05, 3.63) is 100 Å². The Morgan fingerprint density at radius 3 is 2.25 bits per heavy atom. The van der Waals surface area contributed by atoms with Crippen LogP contribution in [0.1, 0.15) is 74.7 Å². The third-order valence-electron chi connectivity index (χ3n) is 9.89. The molecule has 0 saturated carbocycles. The van der Waals surface area contributed by atoms with Gasteiger partial charge in [-0.15, -0.1) is 0 Å². The molecule has 4 atom stereocenters. The van der Waals surface area contributed by atoms with Gasteiger partial charge >= 0.3 is 18.2 Å². The standard InChI is InChI=1S/C43H61N7O6/c1-10-31(4)38(49-20-19-47(41(49)54)26-35-18-14-15-32(5)44-35)39(52)45-36(24-33-16-12-11-13-17-33)37(51)27-48(25-34-22-29(2)21-30(3)23-34)46-40(53)50(42(55)56-9)28-43(6,7)8/h11-18,21-23,31,36-38,51H,10,19-20,24-28H2,1-9H3,(H,45,52)(H,46,53). The van der Waals surface area contributed by atoms with Crippen molar-refractivity contribution in [1.29, 1.82) is 0 Å². The molecule has 0 bridgehead atoms. The summed E-state index contributed by atoms with van der Waals surface area (Å²) in [5.41, 5.74) is 7.91. The van der Waals surface area contributed by atoms with Crippen LogP contribution in [0.4, 0.5) is 14.4 Å². The molecule has 13 nitrogen and oxygen atoms in total. The number of hydrazine groups is 1. The predicted molar refractivity (Wildman–Crippen MR) is 216 cm³/mol. The lowest BCUT2D eigenvalue weighted by Gasteiger charge is -2.35. The number of aryl methyl sites for hydroxylation is 3. The van der Waals surface area contributed by atoms with Crippen molar-refractivity contribution in [2.75, 3.05) is 33.3 Å². The zero-order valence-corrected chi connectivity index (χ0v) is 34.5. The molecule has 3 N–H and O–H groups in total. The molecule has 0 spiro atoms. The average Bonchev–Trinajstić information content (AvgIpc) is 3.47. The Morgan fingerprint density at radius 2 is 1.64 bits per heavy atom. The number of imide groups is 1. The summed E-state index contributed by atoms with van der Waals surface area (Å²) < 4.78 is 4.96. The number of pyridine rings is 1. The van der Waals surface area contributed by atoms with E-state index in [0.717, 1.165) is 38.5 Å². The first-order chi connectivity index (χ1) is 26.5. The van der Waals surface area contributed by atoms with Gasteiger partial charge in [0.25, 0.3) is 0 Å². The molecule has 6 amide bonds. The summed E-state index contributed by atoms with van der Waals surface area (Å²) in [7, 11) is 1.22. The summed E-state index contributed by atoms with van der Waals surface area (Å²) in [6, 6.07) is 18.8. The number of rotatable bonds is 16. The number of hydrogen-bond acceptors (Lipinski definition) is 8. The number of benzene rings is 2. The van der Waals surface area contributed by atoms with Gasteiger partial charge in [0.05, 0.1) is 31.5 Å². The number of nitrogens with zero attached hydrogens (tertiary/aromatic N) is 5. The Morgan fingerprint density at radius 1 is 0.964 bits per heavy atom. The SMILES string of the molecule is CCC(C)C(C(=O)NC(Cc1ccccc1)C(O)CN(Cc1cc(C)cc(C)c1)NC(=O)N(CC(C)(C)C)C(=O)OC)N1CCN(Cc2cccc(C)n2)C1=O. The number of nitrogens with one attached hydrogen (secondary N) is 2. The number of aromatic nitrogens is 1. The molecule has 1 saturated heterocycles. The fourth-order valence-electron chi connectivity index (χ4n) is 7.12. The van der Waals surface area contributed by atoms with Gasteiger partial charge in [0.2, 0.25) is 5.91 Å². The highest BCUT2D eigenvalue weighted by molar-refractivity contribution is 5.90. The van der Waals surface area contributed by atoms with E-state index in [0.29, 0.717) is 26.1 Å². The van der Waals surface area contributed by atoms with Crippen LogP contribution in [0.15, 0.2) is 66.7 Å². The van der Waals surface area contributed by atoms with E-state index >= 15 is 0 Å². The topological polar surface area (TPSA) is 148 Å². The van der Waals surface area contributed by atoms with Gasteiger partial charge in [0.1, 0.15) is 6.04 Å². The molecule has 1 aliphatic heterocycles. The molecular formula is C43H61N7O6. The van der Waals surface area contributed by atoms with Gasteiger partial charge in [-0.25, -0.2) is 24.3 Å². The second-order valence-electron chi connectivity index (χ2n) is 16.3. The van der Waals surface area contributed by atoms with Crippen LogP contribution in [-0.2, 0) is 29.0 Å². The van der Waals surface area contributed by atoms with E-state index in [9.17, 15) is 24.3 Å². The van der Waals surface area contributed by atoms with Gasteiger partial charge in [-0.3, -0.25) is 15.2 Å². The lowest BCUT2D eigenvalue weighted by Crippen LogP contribution is -2.59. The van der Waals surface area contributed by atoms with E-state index in [-0.39, 0.29) is 43.9 Å². The zero-order valence-electron chi connectivity index (χ0n) is 34.5. The van der Waals surface area contributed by atoms with Crippen LogP contribution < -0.4 is 10.7 Å². The minimum absolute atomic E-state index is 0.0866. The van der Waals surface area contributed by atoms with E-state index in [1.54, 1.807) is 14.8 Å². The Labute approximate surface area is 332 Å². The second kappa shape index (κ2) is 19.7. The minimum atomic E-state index is -1.20. The number of hydrogen-bond donors (Lipinski definition) is 3. The third kappa shape index (κ3) is 12.5. The molecule has 1 aliphatic rings. The highest BCUT2D eigenvalue weighted by atomic mass is 16.5. The molecule has 0 radical (unpaired) electrons. The first-order valence-corrected chi connectivity index (χ1v) is 19.5. The summed E-state index contributed by atoms with van der Waals surface area (Å²) in [5, 5.41) is 16.8. The highest BCUT2D eigenvalue weighted by Crippen LogP contribution is 2.23. The van der Waals surface area contributed by atoms with Crippen LogP contribution in [0, 0.1) is 32.1 Å². The van der Waals surface area contributed by atoms with Crippen molar-refractivity contribution in [2.45, 2.75) is 99.5 Å². The minimum Gasteiger partial charge on any atom is -0.452 e. The number of carbonyl (C=O) groups excluding carboxylic acids is 4. The smallest absolute Gasteiger partial charge is 0.417 e. The van der Waals surface area contributed by atoms with E-state index in [4.69, 9.17) is 4.74 Å². The van der Waals surface area contributed by atoms with Gasteiger partial charge < -0.3 is 25.0 Å². The van der Waals surface area contributed by atoms with Crippen molar-refractivity contribution in [1.82, 2.24) is 35.4 Å². The lowest BCUT2D eigenvalue weighted by atomic mass is 9.95. The fourth-order valence-corrected chi connectivity index (χ4v) is 7.12.